The summed E-state index contributed by atoms with van der Waals surface area (Å²) in [5.74, 6) is 0.440. The van der Waals surface area contributed by atoms with Crippen LogP contribution in [0.1, 0.15) is 30.9 Å². The second kappa shape index (κ2) is 5.28. The molecule has 0 bridgehead atoms. The Morgan fingerprint density at radius 3 is 2.62 bits per heavy atom. The number of pyridine rings is 2. The number of para-hydroxylation sites is 3. The molecule has 0 atom stereocenters. The molecule has 0 amide bonds. The van der Waals surface area contributed by atoms with E-state index in [1.54, 1.807) is 0 Å². The molecule has 2 aromatic carbocycles. The molecule has 3 heteroatoms. The summed E-state index contributed by atoms with van der Waals surface area (Å²) >= 11 is 0. The van der Waals surface area contributed by atoms with E-state index in [1.807, 2.05) is 6.20 Å². The lowest BCUT2D eigenvalue weighted by molar-refractivity contribution is -0.617. The van der Waals surface area contributed by atoms with Crippen LogP contribution >= 0.6 is 0 Å². The van der Waals surface area contributed by atoms with E-state index < -0.39 is 0 Å². The SMILES string of the molecule is Cc1ccnc2c3cccc(C(C)C)c3n3c4ccccc4[n+](C)c3c12. The summed E-state index contributed by atoms with van der Waals surface area (Å²) in [7, 11) is 2.16. The van der Waals surface area contributed by atoms with Crippen LogP contribution in [0.2, 0.25) is 0 Å². The predicted molar refractivity (Wildman–Crippen MR) is 108 cm³/mol. The monoisotopic (exact) mass is 340 g/mol. The average Bonchev–Trinajstić information content (AvgIpc) is 2.95. The van der Waals surface area contributed by atoms with Crippen molar-refractivity contribution in [1.82, 2.24) is 9.38 Å². The van der Waals surface area contributed by atoms with Gasteiger partial charge in [-0.25, -0.2) is 4.57 Å². The van der Waals surface area contributed by atoms with Gasteiger partial charge >= 0.3 is 0 Å². The van der Waals surface area contributed by atoms with Gasteiger partial charge in [0.2, 0.25) is 0 Å². The molecular formula is C23H22N3+. The minimum Gasteiger partial charge on any atom is -0.255 e. The van der Waals surface area contributed by atoms with Crippen molar-refractivity contribution in [3.63, 3.8) is 0 Å². The Hall–Kier alpha value is -2.94. The zero-order valence-corrected chi connectivity index (χ0v) is 15.6. The summed E-state index contributed by atoms with van der Waals surface area (Å²) < 4.78 is 4.75. The molecule has 0 radical (unpaired) electrons. The van der Waals surface area contributed by atoms with Crippen LogP contribution in [0.4, 0.5) is 0 Å². The fraction of sp³-hybridized carbons (Fsp3) is 0.217. The highest BCUT2D eigenvalue weighted by atomic mass is 15.1. The number of hydrogen-bond donors (Lipinski definition) is 0. The van der Waals surface area contributed by atoms with Crippen molar-refractivity contribution >= 4 is 38.5 Å². The van der Waals surface area contributed by atoms with Crippen molar-refractivity contribution in [2.45, 2.75) is 26.7 Å². The Kier molecular flexibility index (Phi) is 3.11. The molecule has 5 aromatic rings. The topological polar surface area (TPSA) is 21.2 Å². The van der Waals surface area contributed by atoms with Crippen molar-refractivity contribution in [1.29, 1.82) is 0 Å². The zero-order chi connectivity index (χ0) is 18.0. The number of aryl methyl sites for hydroxylation is 2. The van der Waals surface area contributed by atoms with Crippen molar-refractivity contribution in [3.8, 4) is 0 Å². The van der Waals surface area contributed by atoms with Crippen LogP contribution in [0.5, 0.6) is 0 Å². The van der Waals surface area contributed by atoms with E-state index in [0.29, 0.717) is 5.92 Å². The number of hydrogen-bond acceptors (Lipinski definition) is 1. The van der Waals surface area contributed by atoms with Gasteiger partial charge in [0.05, 0.1) is 18.0 Å². The van der Waals surface area contributed by atoms with Crippen LogP contribution in [0, 0.1) is 6.92 Å². The number of imidazole rings is 1. The van der Waals surface area contributed by atoms with Gasteiger partial charge in [-0.2, -0.15) is 4.40 Å². The maximum absolute atomic E-state index is 4.81. The maximum atomic E-state index is 4.81. The third-order valence-corrected chi connectivity index (χ3v) is 5.56. The molecule has 0 aliphatic rings. The van der Waals surface area contributed by atoms with Crippen LogP contribution in [0.3, 0.4) is 0 Å². The van der Waals surface area contributed by atoms with Gasteiger partial charge in [0.25, 0.3) is 5.65 Å². The van der Waals surface area contributed by atoms with E-state index in [1.165, 1.54) is 44.1 Å². The zero-order valence-electron chi connectivity index (χ0n) is 15.6. The van der Waals surface area contributed by atoms with Gasteiger partial charge in [-0.15, -0.1) is 0 Å². The first kappa shape index (κ1) is 15.3. The van der Waals surface area contributed by atoms with E-state index in [-0.39, 0.29) is 0 Å². The van der Waals surface area contributed by atoms with Crippen molar-refractivity contribution in [2.24, 2.45) is 7.05 Å². The summed E-state index contributed by atoms with van der Waals surface area (Å²) in [6.45, 7) is 6.71. The van der Waals surface area contributed by atoms with Gasteiger partial charge in [-0.3, -0.25) is 4.98 Å². The van der Waals surface area contributed by atoms with E-state index in [2.05, 4.69) is 85.3 Å². The lowest BCUT2D eigenvalue weighted by Crippen LogP contribution is -2.27. The largest absolute Gasteiger partial charge is 0.297 e. The minimum absolute atomic E-state index is 0.440. The van der Waals surface area contributed by atoms with Gasteiger partial charge in [0.1, 0.15) is 5.52 Å². The van der Waals surface area contributed by atoms with Crippen LogP contribution in [0.25, 0.3) is 38.5 Å². The van der Waals surface area contributed by atoms with Gasteiger partial charge in [0.15, 0.2) is 11.0 Å². The number of fused-ring (bicyclic) bond motifs is 8. The Bertz CT molecular complexity index is 1330. The molecule has 0 fully saturated rings. The maximum Gasteiger partial charge on any atom is 0.297 e. The summed E-state index contributed by atoms with van der Waals surface area (Å²) in [5, 5.41) is 2.46. The molecule has 0 spiro atoms. The highest BCUT2D eigenvalue weighted by Gasteiger charge is 2.26. The fourth-order valence-corrected chi connectivity index (χ4v) is 4.33. The van der Waals surface area contributed by atoms with Gasteiger partial charge in [0, 0.05) is 17.1 Å². The van der Waals surface area contributed by atoms with Crippen molar-refractivity contribution < 1.29 is 4.57 Å². The van der Waals surface area contributed by atoms with Crippen LogP contribution in [0.15, 0.2) is 54.7 Å². The van der Waals surface area contributed by atoms with Gasteiger partial charge < -0.3 is 0 Å². The minimum atomic E-state index is 0.440. The number of benzene rings is 2. The Morgan fingerprint density at radius 1 is 1.00 bits per heavy atom. The Balaban J connectivity index is 2.27. The van der Waals surface area contributed by atoms with Crippen LogP contribution in [-0.2, 0) is 7.05 Å². The van der Waals surface area contributed by atoms with Gasteiger partial charge in [-0.05, 0) is 42.7 Å². The first-order valence-corrected chi connectivity index (χ1v) is 9.18. The van der Waals surface area contributed by atoms with Crippen molar-refractivity contribution in [3.05, 3.63) is 65.9 Å². The summed E-state index contributed by atoms with van der Waals surface area (Å²) in [5.41, 5.74) is 8.69. The Morgan fingerprint density at radius 2 is 1.81 bits per heavy atom. The van der Waals surface area contributed by atoms with Crippen LogP contribution < -0.4 is 4.57 Å². The molecule has 26 heavy (non-hydrogen) atoms. The normalized spacial score (nSPS) is 12.2. The molecule has 0 aliphatic heterocycles. The summed E-state index contributed by atoms with van der Waals surface area (Å²) in [6, 6.07) is 17.4. The summed E-state index contributed by atoms with van der Waals surface area (Å²) in [4.78, 5) is 4.81. The highest BCUT2D eigenvalue weighted by molar-refractivity contribution is 6.12. The number of aromatic nitrogens is 3. The molecular weight excluding hydrogens is 318 g/mol. The second-order valence-corrected chi connectivity index (χ2v) is 7.46. The highest BCUT2D eigenvalue weighted by Crippen LogP contribution is 2.35. The standard InChI is InChI=1S/C23H22N3/c1-14(2)16-8-7-9-17-21-20(15(3)12-13-24-21)23-25(4)18-10-5-6-11-19(18)26(23)22(16)17/h5-14H,1-4H3/q+1. The fourth-order valence-electron chi connectivity index (χ4n) is 4.33. The first-order chi connectivity index (χ1) is 12.6. The molecule has 3 aromatic heterocycles. The van der Waals surface area contributed by atoms with Crippen molar-refractivity contribution in [2.75, 3.05) is 0 Å². The molecule has 128 valence electrons. The molecule has 0 N–H and O–H groups in total. The molecule has 5 rings (SSSR count). The molecule has 3 nitrogen and oxygen atoms in total. The molecule has 0 aliphatic carbocycles. The van der Waals surface area contributed by atoms with E-state index in [9.17, 15) is 0 Å². The molecule has 0 unspecified atom stereocenters. The second-order valence-electron chi connectivity index (χ2n) is 7.46. The Labute approximate surface area is 152 Å². The third kappa shape index (κ3) is 1.83. The lowest BCUT2D eigenvalue weighted by Gasteiger charge is -2.11. The summed E-state index contributed by atoms with van der Waals surface area (Å²) in [6.07, 6.45) is 1.93. The molecule has 0 saturated heterocycles. The van der Waals surface area contributed by atoms with E-state index in [0.717, 1.165) is 5.52 Å². The third-order valence-electron chi connectivity index (χ3n) is 5.56. The van der Waals surface area contributed by atoms with Gasteiger partial charge in [-0.1, -0.05) is 38.1 Å². The quantitative estimate of drug-likeness (QED) is 0.309. The average molecular weight is 340 g/mol. The van der Waals surface area contributed by atoms with E-state index in [4.69, 9.17) is 4.98 Å². The first-order valence-electron chi connectivity index (χ1n) is 9.18. The number of nitrogens with zero attached hydrogens (tertiary/aromatic N) is 3. The molecule has 3 heterocycles. The van der Waals surface area contributed by atoms with E-state index >= 15 is 0 Å². The molecule has 0 saturated carbocycles. The van der Waals surface area contributed by atoms with Crippen LogP contribution in [-0.4, -0.2) is 9.38 Å². The smallest absolute Gasteiger partial charge is 0.255 e. The number of rotatable bonds is 1. The lowest BCUT2D eigenvalue weighted by atomic mass is 9.97. The predicted octanol–water partition coefficient (Wildman–Crippen LogP) is 5.05.